The summed E-state index contributed by atoms with van der Waals surface area (Å²) in [7, 11) is -2.87. The first-order valence-corrected chi connectivity index (χ1v) is 7.53. The second kappa shape index (κ2) is 7.62. The molecule has 6 heteroatoms. The number of hydrogen-bond acceptors (Lipinski definition) is 5. The van der Waals surface area contributed by atoms with Crippen LogP contribution in [0.3, 0.4) is 0 Å². The number of esters is 1. The molecule has 0 rings (SSSR count). The van der Waals surface area contributed by atoms with Gasteiger partial charge < -0.3 is 10.5 Å². The van der Waals surface area contributed by atoms with Gasteiger partial charge in [-0.15, -0.1) is 0 Å². The van der Waals surface area contributed by atoms with Gasteiger partial charge in [-0.2, -0.15) is 0 Å². The lowest BCUT2D eigenvalue weighted by Gasteiger charge is -2.09. The van der Waals surface area contributed by atoms with Crippen LogP contribution in [-0.4, -0.2) is 39.0 Å². The summed E-state index contributed by atoms with van der Waals surface area (Å²) in [5.41, 5.74) is 5.58. The molecule has 0 aliphatic rings. The first-order valence-electron chi connectivity index (χ1n) is 5.46. The van der Waals surface area contributed by atoms with E-state index < -0.39 is 15.9 Å². The van der Waals surface area contributed by atoms with Crippen LogP contribution in [0.4, 0.5) is 0 Å². The number of ether oxygens (including phenoxy) is 1. The number of carbonyl (C=O) groups is 1. The van der Waals surface area contributed by atoms with Crippen LogP contribution >= 0.6 is 0 Å². The van der Waals surface area contributed by atoms with Crippen molar-refractivity contribution in [1.82, 2.24) is 0 Å². The van der Waals surface area contributed by atoms with Crippen molar-refractivity contribution in [2.75, 3.05) is 18.6 Å². The largest absolute Gasteiger partial charge is 0.465 e. The minimum atomic E-state index is -2.87. The third kappa shape index (κ3) is 8.67. The van der Waals surface area contributed by atoms with Crippen LogP contribution < -0.4 is 5.73 Å². The highest BCUT2D eigenvalue weighted by Gasteiger charge is 2.13. The lowest BCUT2D eigenvalue weighted by molar-refractivity contribution is -0.144. The van der Waals surface area contributed by atoms with Gasteiger partial charge in [0.2, 0.25) is 0 Å². The summed E-state index contributed by atoms with van der Waals surface area (Å²) in [4.78, 5) is 11.1. The first kappa shape index (κ1) is 15.4. The average Bonchev–Trinajstić information content (AvgIpc) is 2.15. The fourth-order valence-electron chi connectivity index (χ4n) is 1.27. The van der Waals surface area contributed by atoms with Gasteiger partial charge in [0.05, 0.1) is 6.61 Å². The third-order valence-corrected chi connectivity index (χ3v) is 3.15. The topological polar surface area (TPSA) is 86.5 Å². The van der Waals surface area contributed by atoms with Gasteiger partial charge in [-0.05, 0) is 19.8 Å². The quantitative estimate of drug-likeness (QED) is 0.501. The molecule has 0 saturated carbocycles. The maximum Gasteiger partial charge on any atom is 0.322 e. The minimum absolute atomic E-state index is 0.196. The van der Waals surface area contributed by atoms with Gasteiger partial charge in [-0.3, -0.25) is 4.79 Å². The summed E-state index contributed by atoms with van der Waals surface area (Å²) < 4.78 is 26.4. The molecule has 0 spiro atoms. The molecular weight excluding hydrogens is 230 g/mol. The van der Waals surface area contributed by atoms with E-state index in [0.29, 0.717) is 19.4 Å². The van der Waals surface area contributed by atoms with Crippen LogP contribution in [0.25, 0.3) is 0 Å². The zero-order valence-electron chi connectivity index (χ0n) is 9.94. The molecule has 5 nitrogen and oxygen atoms in total. The number of unbranched alkanes of at least 4 members (excludes halogenated alkanes) is 2. The Kier molecular flexibility index (Phi) is 7.33. The monoisotopic (exact) mass is 251 g/mol. The maximum absolute atomic E-state index is 11.1. The summed E-state index contributed by atoms with van der Waals surface area (Å²) in [5.74, 6) is -0.188. The van der Waals surface area contributed by atoms with Crippen molar-refractivity contribution in [3.63, 3.8) is 0 Å². The van der Waals surface area contributed by atoms with Crippen molar-refractivity contribution < 1.29 is 17.9 Å². The summed E-state index contributed by atoms with van der Waals surface area (Å²) in [5, 5.41) is 0. The van der Waals surface area contributed by atoms with Crippen LogP contribution in [-0.2, 0) is 19.4 Å². The molecule has 0 aliphatic carbocycles. The van der Waals surface area contributed by atoms with Gasteiger partial charge in [-0.1, -0.05) is 12.8 Å². The van der Waals surface area contributed by atoms with E-state index in [1.54, 1.807) is 6.92 Å². The number of sulfone groups is 1. The highest BCUT2D eigenvalue weighted by molar-refractivity contribution is 7.90. The number of rotatable bonds is 8. The second-order valence-corrected chi connectivity index (χ2v) is 6.10. The molecule has 0 amide bonds. The smallest absolute Gasteiger partial charge is 0.322 e. The molecule has 0 heterocycles. The van der Waals surface area contributed by atoms with E-state index in [-0.39, 0.29) is 11.7 Å². The Hall–Kier alpha value is -0.620. The molecule has 96 valence electrons. The highest BCUT2D eigenvalue weighted by atomic mass is 32.2. The zero-order valence-corrected chi connectivity index (χ0v) is 10.8. The molecule has 0 aliphatic heterocycles. The Labute approximate surface area is 97.3 Å². The van der Waals surface area contributed by atoms with Crippen molar-refractivity contribution in [2.45, 2.75) is 38.6 Å². The summed E-state index contributed by atoms with van der Waals surface area (Å²) >= 11 is 0. The van der Waals surface area contributed by atoms with Crippen molar-refractivity contribution in [2.24, 2.45) is 5.73 Å². The second-order valence-electron chi connectivity index (χ2n) is 3.84. The van der Waals surface area contributed by atoms with Crippen molar-refractivity contribution in [1.29, 1.82) is 0 Å². The van der Waals surface area contributed by atoms with Gasteiger partial charge in [0.25, 0.3) is 0 Å². The molecule has 1 unspecified atom stereocenters. The molecule has 0 bridgehead atoms. The number of nitrogens with two attached hydrogens (primary N) is 1. The predicted octanol–water partition coefficient (Wildman–Crippen LogP) is 0.482. The minimum Gasteiger partial charge on any atom is -0.465 e. The molecule has 0 saturated heterocycles. The molecular formula is C10H21NO4S. The van der Waals surface area contributed by atoms with Crippen molar-refractivity contribution in [3.8, 4) is 0 Å². The molecule has 0 aromatic heterocycles. The molecule has 0 radical (unpaired) electrons. The van der Waals surface area contributed by atoms with Crippen LogP contribution in [0, 0.1) is 0 Å². The van der Waals surface area contributed by atoms with Gasteiger partial charge in [0.15, 0.2) is 0 Å². The molecule has 0 fully saturated rings. The number of carbonyl (C=O) groups excluding carboxylic acids is 1. The predicted molar refractivity (Wildman–Crippen MR) is 62.8 cm³/mol. The van der Waals surface area contributed by atoms with Gasteiger partial charge >= 0.3 is 5.97 Å². The molecule has 2 N–H and O–H groups in total. The van der Waals surface area contributed by atoms with E-state index in [2.05, 4.69) is 0 Å². The molecule has 0 aromatic rings. The summed E-state index contributed by atoms with van der Waals surface area (Å²) in [6.45, 7) is 2.07. The average molecular weight is 251 g/mol. The molecule has 1 atom stereocenters. The fraction of sp³-hybridized carbons (Fsp3) is 0.900. The lowest BCUT2D eigenvalue weighted by atomic mass is 10.1. The Morgan fingerprint density at radius 1 is 1.31 bits per heavy atom. The van der Waals surface area contributed by atoms with Gasteiger partial charge in [0.1, 0.15) is 15.9 Å². The Morgan fingerprint density at radius 3 is 2.44 bits per heavy atom. The first-order chi connectivity index (χ1) is 7.37. The van der Waals surface area contributed by atoms with E-state index in [1.807, 2.05) is 0 Å². The van der Waals surface area contributed by atoms with Crippen LogP contribution in [0.15, 0.2) is 0 Å². The zero-order chi connectivity index (χ0) is 12.6. The summed E-state index contributed by atoms with van der Waals surface area (Å²) in [6.07, 6.45) is 3.89. The van der Waals surface area contributed by atoms with E-state index in [1.165, 1.54) is 6.26 Å². The highest BCUT2D eigenvalue weighted by Crippen LogP contribution is 2.05. The van der Waals surface area contributed by atoms with Crippen molar-refractivity contribution >= 4 is 15.8 Å². The SMILES string of the molecule is CCOC(=O)C(N)CCCCCS(C)(=O)=O. The normalized spacial score (nSPS) is 13.4. The van der Waals surface area contributed by atoms with E-state index in [4.69, 9.17) is 10.5 Å². The van der Waals surface area contributed by atoms with Crippen LogP contribution in [0.2, 0.25) is 0 Å². The summed E-state index contributed by atoms with van der Waals surface area (Å²) in [6, 6.07) is -0.585. The molecule has 0 aromatic carbocycles. The van der Waals surface area contributed by atoms with E-state index in [9.17, 15) is 13.2 Å². The van der Waals surface area contributed by atoms with Crippen LogP contribution in [0.5, 0.6) is 0 Å². The van der Waals surface area contributed by atoms with E-state index in [0.717, 1.165) is 12.8 Å². The fourth-order valence-corrected chi connectivity index (χ4v) is 2.00. The third-order valence-electron chi connectivity index (χ3n) is 2.12. The number of hydrogen-bond donors (Lipinski definition) is 1. The van der Waals surface area contributed by atoms with E-state index >= 15 is 0 Å². The lowest BCUT2D eigenvalue weighted by Crippen LogP contribution is -2.32. The Morgan fingerprint density at radius 2 is 1.94 bits per heavy atom. The maximum atomic E-state index is 11.1. The Bertz CT molecular complexity index is 300. The molecule has 16 heavy (non-hydrogen) atoms. The standard InChI is InChI=1S/C10H21NO4S/c1-3-15-10(12)9(11)7-5-4-6-8-16(2,13)14/h9H,3-8,11H2,1-2H3. The van der Waals surface area contributed by atoms with Gasteiger partial charge in [-0.25, -0.2) is 8.42 Å². The van der Waals surface area contributed by atoms with Crippen LogP contribution in [0.1, 0.15) is 32.6 Å². The van der Waals surface area contributed by atoms with Gasteiger partial charge in [0, 0.05) is 12.0 Å². The Balaban J connectivity index is 3.55. The van der Waals surface area contributed by atoms with Crippen molar-refractivity contribution in [3.05, 3.63) is 0 Å².